The van der Waals surface area contributed by atoms with Gasteiger partial charge in [-0.2, -0.15) is 0 Å². The predicted octanol–water partition coefficient (Wildman–Crippen LogP) is 2.30. The minimum absolute atomic E-state index is 0.261. The smallest absolute Gasteiger partial charge is 0.319 e. The van der Waals surface area contributed by atoms with E-state index in [0.717, 1.165) is 5.56 Å². The summed E-state index contributed by atoms with van der Waals surface area (Å²) in [5, 5.41) is 5.29. The van der Waals surface area contributed by atoms with Gasteiger partial charge in [0.05, 0.1) is 12.8 Å². The van der Waals surface area contributed by atoms with Crippen LogP contribution in [0.15, 0.2) is 42.5 Å². The number of hydrogen-bond acceptors (Lipinski definition) is 3. The Morgan fingerprint density at radius 1 is 1.17 bits per heavy atom. The van der Waals surface area contributed by atoms with Gasteiger partial charge in [-0.25, -0.2) is 9.18 Å². The average Bonchev–Trinajstić information content (AvgIpc) is 2.56. The van der Waals surface area contributed by atoms with Crippen LogP contribution in [0.2, 0.25) is 0 Å². The molecule has 0 aliphatic heterocycles. The molecule has 2 aromatic rings. The van der Waals surface area contributed by atoms with Gasteiger partial charge in [-0.1, -0.05) is 12.1 Å². The molecule has 2 rings (SSSR count). The van der Waals surface area contributed by atoms with E-state index in [9.17, 15) is 14.0 Å². The molecular formula is C17H18FN3O3. The Hall–Kier alpha value is -3.09. The van der Waals surface area contributed by atoms with Crippen molar-refractivity contribution in [3.63, 3.8) is 0 Å². The second kappa shape index (κ2) is 7.96. The van der Waals surface area contributed by atoms with Gasteiger partial charge in [0.2, 0.25) is 5.91 Å². The van der Waals surface area contributed by atoms with E-state index in [1.807, 2.05) is 0 Å². The lowest BCUT2D eigenvalue weighted by Gasteiger charge is -2.12. The first kappa shape index (κ1) is 17.3. The Morgan fingerprint density at radius 2 is 1.88 bits per heavy atom. The zero-order valence-electron chi connectivity index (χ0n) is 13.1. The number of hydrogen-bond donors (Lipinski definition) is 3. The molecule has 3 amide bonds. The Labute approximate surface area is 138 Å². The van der Waals surface area contributed by atoms with Crippen LogP contribution in [0.1, 0.15) is 15.9 Å². The summed E-state index contributed by atoms with van der Waals surface area (Å²) in [5.41, 5.74) is 6.74. The Bertz CT molecular complexity index is 732. The van der Waals surface area contributed by atoms with Crippen molar-refractivity contribution in [1.82, 2.24) is 5.32 Å². The largest absolute Gasteiger partial charge is 0.495 e. The van der Waals surface area contributed by atoms with E-state index >= 15 is 0 Å². The number of nitrogens with two attached hydrogens (primary N) is 1. The van der Waals surface area contributed by atoms with Crippen LogP contribution in [0, 0.1) is 5.82 Å². The van der Waals surface area contributed by atoms with Crippen LogP contribution < -0.4 is 21.1 Å². The summed E-state index contributed by atoms with van der Waals surface area (Å²) in [6, 6.07) is 10.1. The van der Waals surface area contributed by atoms with Gasteiger partial charge >= 0.3 is 6.03 Å². The minimum atomic E-state index is -0.600. The van der Waals surface area contributed by atoms with Crippen LogP contribution in [-0.2, 0) is 6.42 Å². The third-order valence-corrected chi connectivity index (χ3v) is 3.34. The molecule has 0 unspecified atom stereocenters. The maximum absolute atomic E-state index is 12.8. The van der Waals surface area contributed by atoms with Crippen molar-refractivity contribution in [1.29, 1.82) is 0 Å². The van der Waals surface area contributed by atoms with Gasteiger partial charge in [0.25, 0.3) is 0 Å². The molecular weight excluding hydrogens is 313 g/mol. The van der Waals surface area contributed by atoms with Crippen LogP contribution in [-0.4, -0.2) is 25.6 Å². The lowest BCUT2D eigenvalue weighted by molar-refractivity contribution is 0.1000. The predicted molar refractivity (Wildman–Crippen MR) is 88.6 cm³/mol. The lowest BCUT2D eigenvalue weighted by atomic mass is 10.1. The van der Waals surface area contributed by atoms with Crippen molar-refractivity contribution < 1.29 is 18.7 Å². The lowest BCUT2D eigenvalue weighted by Crippen LogP contribution is -2.30. The molecule has 0 aliphatic carbocycles. The third kappa shape index (κ3) is 4.70. The van der Waals surface area contributed by atoms with Crippen LogP contribution >= 0.6 is 0 Å². The van der Waals surface area contributed by atoms with Gasteiger partial charge in [0.15, 0.2) is 0 Å². The number of methoxy groups -OCH3 is 1. The maximum atomic E-state index is 12.8. The first-order chi connectivity index (χ1) is 11.5. The number of amides is 3. The molecule has 0 saturated carbocycles. The van der Waals surface area contributed by atoms with E-state index in [0.29, 0.717) is 24.4 Å². The third-order valence-electron chi connectivity index (χ3n) is 3.34. The van der Waals surface area contributed by atoms with Crippen LogP contribution in [0.25, 0.3) is 0 Å². The molecule has 0 fully saturated rings. The average molecular weight is 331 g/mol. The normalized spacial score (nSPS) is 10.1. The molecule has 0 saturated heterocycles. The fraction of sp³-hybridized carbons (Fsp3) is 0.176. The molecule has 24 heavy (non-hydrogen) atoms. The van der Waals surface area contributed by atoms with E-state index in [1.54, 1.807) is 18.2 Å². The summed E-state index contributed by atoms with van der Waals surface area (Å²) in [6.45, 7) is 0.370. The highest BCUT2D eigenvalue weighted by molar-refractivity contribution is 5.97. The number of carbonyl (C=O) groups excluding carboxylic acids is 2. The summed E-state index contributed by atoms with van der Waals surface area (Å²) < 4.78 is 18.0. The molecule has 0 spiro atoms. The first-order valence-electron chi connectivity index (χ1n) is 7.26. The quantitative estimate of drug-likeness (QED) is 0.758. The van der Waals surface area contributed by atoms with E-state index in [1.165, 1.54) is 31.4 Å². The van der Waals surface area contributed by atoms with Gasteiger partial charge in [0, 0.05) is 12.1 Å². The van der Waals surface area contributed by atoms with Gasteiger partial charge in [-0.05, 0) is 42.3 Å². The van der Waals surface area contributed by atoms with Crippen molar-refractivity contribution in [3.8, 4) is 5.75 Å². The van der Waals surface area contributed by atoms with Gasteiger partial charge < -0.3 is 21.1 Å². The van der Waals surface area contributed by atoms with Gasteiger partial charge in [-0.3, -0.25) is 4.79 Å². The molecule has 0 aromatic heterocycles. The second-order valence-corrected chi connectivity index (χ2v) is 5.04. The number of halogens is 1. The topological polar surface area (TPSA) is 93.4 Å². The molecule has 0 radical (unpaired) electrons. The molecule has 0 bridgehead atoms. The number of nitrogens with one attached hydrogen (secondary N) is 2. The molecule has 126 valence electrons. The standard InChI is InChI=1S/C17H18FN3O3/c1-24-15-7-4-12(16(19)22)10-14(15)21-17(23)20-9-8-11-2-5-13(18)6-3-11/h2-7,10H,8-9H2,1H3,(H2,19,22)(H2,20,21,23). The zero-order chi connectivity index (χ0) is 17.5. The molecule has 0 aliphatic rings. The Balaban J connectivity index is 1.93. The number of urea groups is 1. The highest BCUT2D eigenvalue weighted by Gasteiger charge is 2.10. The Morgan fingerprint density at radius 3 is 2.50 bits per heavy atom. The maximum Gasteiger partial charge on any atom is 0.319 e. The minimum Gasteiger partial charge on any atom is -0.495 e. The van der Waals surface area contributed by atoms with Crippen LogP contribution in [0.3, 0.4) is 0 Å². The summed E-state index contributed by atoms with van der Waals surface area (Å²) >= 11 is 0. The second-order valence-electron chi connectivity index (χ2n) is 5.04. The highest BCUT2D eigenvalue weighted by Crippen LogP contribution is 2.25. The monoisotopic (exact) mass is 331 g/mol. The summed E-state index contributed by atoms with van der Waals surface area (Å²) in [7, 11) is 1.46. The molecule has 0 heterocycles. The van der Waals surface area contributed by atoms with Crippen LogP contribution in [0.5, 0.6) is 5.75 Å². The fourth-order valence-electron chi connectivity index (χ4n) is 2.10. The highest BCUT2D eigenvalue weighted by atomic mass is 19.1. The van der Waals surface area contributed by atoms with Crippen molar-refractivity contribution in [3.05, 3.63) is 59.4 Å². The van der Waals surface area contributed by atoms with Crippen LogP contribution in [0.4, 0.5) is 14.9 Å². The zero-order valence-corrected chi connectivity index (χ0v) is 13.1. The first-order valence-corrected chi connectivity index (χ1v) is 7.26. The van der Waals surface area contributed by atoms with Crippen molar-refractivity contribution in [2.45, 2.75) is 6.42 Å². The Kier molecular flexibility index (Phi) is 5.73. The van der Waals surface area contributed by atoms with Crippen molar-refractivity contribution in [2.24, 2.45) is 5.73 Å². The number of primary amides is 1. The summed E-state index contributed by atoms with van der Waals surface area (Å²) in [5.74, 6) is -0.489. The number of ether oxygens (including phenoxy) is 1. The summed E-state index contributed by atoms with van der Waals surface area (Å²) in [4.78, 5) is 23.2. The molecule has 7 heteroatoms. The van der Waals surface area contributed by atoms with Gasteiger partial charge in [0.1, 0.15) is 11.6 Å². The van der Waals surface area contributed by atoms with E-state index in [2.05, 4.69) is 10.6 Å². The molecule has 0 atom stereocenters. The summed E-state index contributed by atoms with van der Waals surface area (Å²) in [6.07, 6.45) is 0.562. The molecule has 6 nitrogen and oxygen atoms in total. The van der Waals surface area contributed by atoms with Crippen molar-refractivity contribution in [2.75, 3.05) is 19.0 Å². The van der Waals surface area contributed by atoms with E-state index < -0.39 is 11.9 Å². The number of benzene rings is 2. The number of anilines is 1. The van der Waals surface area contributed by atoms with Gasteiger partial charge in [-0.15, -0.1) is 0 Å². The molecule has 2 aromatic carbocycles. The number of rotatable bonds is 6. The van der Waals surface area contributed by atoms with E-state index in [-0.39, 0.29) is 11.4 Å². The molecule has 4 N–H and O–H groups in total. The van der Waals surface area contributed by atoms with Crippen molar-refractivity contribution >= 4 is 17.6 Å². The SMILES string of the molecule is COc1ccc(C(N)=O)cc1NC(=O)NCCc1ccc(F)cc1. The fourth-order valence-corrected chi connectivity index (χ4v) is 2.10. The van der Waals surface area contributed by atoms with E-state index in [4.69, 9.17) is 10.5 Å². The number of carbonyl (C=O) groups is 2.